The van der Waals surface area contributed by atoms with Crippen LogP contribution >= 0.6 is 38.9 Å². The van der Waals surface area contributed by atoms with Crippen LogP contribution in [0.25, 0.3) is 0 Å². The number of halogens is 2. The van der Waals surface area contributed by atoms with Gasteiger partial charge in [-0.05, 0) is 76.9 Å². The van der Waals surface area contributed by atoms with Crippen molar-refractivity contribution in [3.05, 3.63) is 69.0 Å². The maximum Gasteiger partial charge on any atom is 0.271 e. The van der Waals surface area contributed by atoms with Crippen molar-refractivity contribution in [1.82, 2.24) is 0 Å². The summed E-state index contributed by atoms with van der Waals surface area (Å²) in [7, 11) is -7.58. The second kappa shape index (κ2) is 8.03. The van der Waals surface area contributed by atoms with Crippen LogP contribution < -0.4 is 9.44 Å². The molecule has 0 saturated heterocycles. The smallest absolute Gasteiger partial charge is 0.271 e. The number of sulfonamides is 2. The topological polar surface area (TPSA) is 92.3 Å². The number of rotatable bonds is 6. The van der Waals surface area contributed by atoms with Crippen LogP contribution in [-0.4, -0.2) is 16.8 Å². The Morgan fingerprint density at radius 2 is 1.46 bits per heavy atom. The van der Waals surface area contributed by atoms with Crippen LogP contribution in [0.15, 0.2) is 67.5 Å². The fourth-order valence-electron chi connectivity index (χ4n) is 2.22. The molecule has 0 aliphatic rings. The molecule has 0 unspecified atom stereocenters. The molecular formula is C17H14BrClN2O4S3. The van der Waals surface area contributed by atoms with Crippen molar-refractivity contribution >= 4 is 70.3 Å². The van der Waals surface area contributed by atoms with Gasteiger partial charge in [0.05, 0.1) is 14.4 Å². The third kappa shape index (κ3) is 4.87. The first-order chi connectivity index (χ1) is 13.1. The van der Waals surface area contributed by atoms with Crippen LogP contribution in [0, 0.1) is 6.92 Å². The van der Waals surface area contributed by atoms with E-state index in [1.54, 1.807) is 18.2 Å². The molecule has 0 fully saturated rings. The highest BCUT2D eigenvalue weighted by Crippen LogP contribution is 2.28. The first-order valence-corrected chi connectivity index (χ1v) is 12.7. The highest BCUT2D eigenvalue weighted by molar-refractivity contribution is 9.11. The number of anilines is 2. The maximum absolute atomic E-state index is 12.5. The molecule has 28 heavy (non-hydrogen) atoms. The van der Waals surface area contributed by atoms with Gasteiger partial charge in [-0.3, -0.25) is 9.44 Å². The summed E-state index contributed by atoms with van der Waals surface area (Å²) in [5.41, 5.74) is 1.42. The van der Waals surface area contributed by atoms with Crippen molar-refractivity contribution in [3.8, 4) is 0 Å². The molecule has 6 nitrogen and oxygen atoms in total. The molecule has 0 amide bonds. The van der Waals surface area contributed by atoms with Gasteiger partial charge in [0.2, 0.25) is 0 Å². The van der Waals surface area contributed by atoms with E-state index in [0.717, 1.165) is 16.9 Å². The Morgan fingerprint density at radius 1 is 0.857 bits per heavy atom. The van der Waals surface area contributed by atoms with Gasteiger partial charge in [0.15, 0.2) is 0 Å². The number of benzene rings is 2. The van der Waals surface area contributed by atoms with Crippen molar-refractivity contribution in [2.75, 3.05) is 9.44 Å². The molecule has 3 aromatic rings. The minimum atomic E-state index is -3.84. The Labute approximate surface area is 180 Å². The van der Waals surface area contributed by atoms with Crippen molar-refractivity contribution in [1.29, 1.82) is 0 Å². The van der Waals surface area contributed by atoms with E-state index in [1.807, 2.05) is 6.92 Å². The lowest BCUT2D eigenvalue weighted by atomic mass is 10.2. The molecule has 0 spiro atoms. The average Bonchev–Trinajstić information content (AvgIpc) is 3.06. The maximum atomic E-state index is 12.5. The summed E-state index contributed by atoms with van der Waals surface area (Å²) in [6.45, 7) is 1.81. The molecule has 1 heterocycles. The molecule has 0 radical (unpaired) electrons. The highest BCUT2D eigenvalue weighted by atomic mass is 79.9. The summed E-state index contributed by atoms with van der Waals surface area (Å²) in [6.07, 6.45) is 0. The van der Waals surface area contributed by atoms with E-state index in [9.17, 15) is 16.8 Å². The fraction of sp³-hybridized carbons (Fsp3) is 0.0588. The monoisotopic (exact) mass is 520 g/mol. The zero-order valence-electron chi connectivity index (χ0n) is 14.3. The first-order valence-electron chi connectivity index (χ1n) is 7.74. The van der Waals surface area contributed by atoms with Crippen molar-refractivity contribution in [3.63, 3.8) is 0 Å². The second-order valence-electron chi connectivity index (χ2n) is 5.76. The van der Waals surface area contributed by atoms with Crippen LogP contribution in [0.3, 0.4) is 0 Å². The predicted octanol–water partition coefficient (Wildman–Crippen LogP) is 5.07. The molecule has 0 aliphatic heterocycles. The molecule has 0 atom stereocenters. The third-order valence-corrected chi connectivity index (χ3v) is 8.96. The zero-order chi connectivity index (χ0) is 20.5. The molecule has 1 aromatic heterocycles. The summed E-state index contributed by atoms with van der Waals surface area (Å²) >= 11 is 10.3. The van der Waals surface area contributed by atoms with Gasteiger partial charge in [-0.2, -0.15) is 0 Å². The Kier molecular flexibility index (Phi) is 6.06. The zero-order valence-corrected chi connectivity index (χ0v) is 19.1. The fourth-order valence-corrected chi connectivity index (χ4v) is 6.52. The lowest BCUT2D eigenvalue weighted by Crippen LogP contribution is -2.14. The molecular weight excluding hydrogens is 508 g/mol. The van der Waals surface area contributed by atoms with E-state index in [0.29, 0.717) is 14.5 Å². The van der Waals surface area contributed by atoms with Gasteiger partial charge in [-0.25, -0.2) is 16.8 Å². The van der Waals surface area contributed by atoms with Crippen LogP contribution in [-0.2, 0) is 20.0 Å². The molecule has 11 heteroatoms. The molecule has 2 aromatic carbocycles. The van der Waals surface area contributed by atoms with Gasteiger partial charge in [-0.1, -0.05) is 17.7 Å². The number of aryl methyl sites for hydroxylation is 1. The van der Waals surface area contributed by atoms with E-state index in [-0.39, 0.29) is 14.8 Å². The van der Waals surface area contributed by atoms with E-state index < -0.39 is 20.0 Å². The lowest BCUT2D eigenvalue weighted by molar-refractivity contribution is 0.600. The van der Waals surface area contributed by atoms with Crippen LogP contribution in [0.2, 0.25) is 5.02 Å². The quantitative estimate of drug-likeness (QED) is 0.473. The van der Waals surface area contributed by atoms with Crippen LogP contribution in [0.1, 0.15) is 5.56 Å². The Morgan fingerprint density at radius 3 is 2.04 bits per heavy atom. The second-order valence-corrected chi connectivity index (χ2v) is 12.2. The Balaban J connectivity index is 1.78. The van der Waals surface area contributed by atoms with E-state index in [2.05, 4.69) is 25.4 Å². The van der Waals surface area contributed by atoms with E-state index in [4.69, 9.17) is 11.6 Å². The number of hydrogen-bond acceptors (Lipinski definition) is 5. The minimum Gasteiger partial charge on any atom is -0.280 e. The van der Waals surface area contributed by atoms with Crippen LogP contribution in [0.4, 0.5) is 11.4 Å². The standard InChI is InChI=1S/C17H14BrClN2O4S3/c1-11-2-3-13(10-15(11)19)21-27(22,23)14-6-4-12(5-7-14)20-28(24,25)17-9-8-16(18)26-17/h2-10,20-21H,1H3. The largest absolute Gasteiger partial charge is 0.280 e. The van der Waals surface area contributed by atoms with Crippen LogP contribution in [0.5, 0.6) is 0 Å². The Bertz CT molecular complexity index is 1220. The van der Waals surface area contributed by atoms with Crippen molar-refractivity contribution in [2.45, 2.75) is 16.0 Å². The summed E-state index contributed by atoms with van der Waals surface area (Å²) < 4.78 is 55.4. The van der Waals surface area contributed by atoms with E-state index in [1.165, 1.54) is 36.4 Å². The molecule has 2 N–H and O–H groups in total. The first kappa shape index (κ1) is 21.1. The number of nitrogens with one attached hydrogen (secondary N) is 2. The van der Waals surface area contributed by atoms with Gasteiger partial charge >= 0.3 is 0 Å². The summed E-state index contributed by atoms with van der Waals surface area (Å²) in [6, 6.07) is 13.4. The summed E-state index contributed by atoms with van der Waals surface area (Å²) in [5.74, 6) is 0. The molecule has 0 aliphatic carbocycles. The van der Waals surface area contributed by atoms with Gasteiger partial charge < -0.3 is 0 Å². The van der Waals surface area contributed by atoms with Gasteiger partial charge in [-0.15, -0.1) is 11.3 Å². The molecule has 0 saturated carbocycles. The van der Waals surface area contributed by atoms with Gasteiger partial charge in [0.25, 0.3) is 20.0 Å². The Hall–Kier alpha value is -1.59. The minimum absolute atomic E-state index is 0.00832. The van der Waals surface area contributed by atoms with Crippen molar-refractivity contribution < 1.29 is 16.8 Å². The molecule has 0 bridgehead atoms. The normalized spacial score (nSPS) is 12.0. The third-order valence-electron chi connectivity index (χ3n) is 3.65. The van der Waals surface area contributed by atoms with Crippen molar-refractivity contribution in [2.24, 2.45) is 0 Å². The van der Waals surface area contributed by atoms with E-state index >= 15 is 0 Å². The summed E-state index contributed by atoms with van der Waals surface area (Å²) in [4.78, 5) is -0.00832. The number of thiophene rings is 1. The van der Waals surface area contributed by atoms with Gasteiger partial charge in [0, 0.05) is 10.7 Å². The average molecular weight is 522 g/mol. The lowest BCUT2D eigenvalue weighted by Gasteiger charge is -2.10. The predicted molar refractivity (Wildman–Crippen MR) is 116 cm³/mol. The molecule has 3 rings (SSSR count). The highest BCUT2D eigenvalue weighted by Gasteiger charge is 2.18. The summed E-state index contributed by atoms with van der Waals surface area (Å²) in [5, 5.41) is 0.449. The number of hydrogen-bond donors (Lipinski definition) is 2. The SMILES string of the molecule is Cc1ccc(NS(=O)(=O)c2ccc(NS(=O)(=O)c3ccc(Br)s3)cc2)cc1Cl. The van der Waals surface area contributed by atoms with Gasteiger partial charge in [0.1, 0.15) is 4.21 Å². The molecule has 148 valence electrons.